The first-order valence-corrected chi connectivity index (χ1v) is 7.92. The molecule has 0 spiro atoms. The molecular formula is C18H20N4O. The molecule has 1 aliphatic heterocycles. The molecule has 2 heterocycles. The molecule has 2 aromatic carbocycles. The first-order chi connectivity index (χ1) is 11.3. The smallest absolute Gasteiger partial charge is 0.209 e. The summed E-state index contributed by atoms with van der Waals surface area (Å²) in [5, 5.41) is 9.32. The van der Waals surface area contributed by atoms with Crippen LogP contribution >= 0.6 is 0 Å². The van der Waals surface area contributed by atoms with Crippen molar-refractivity contribution in [3.05, 3.63) is 60.2 Å². The Kier molecular flexibility index (Phi) is 3.73. The maximum absolute atomic E-state index is 9.32. The number of rotatable bonds is 4. The summed E-state index contributed by atoms with van der Waals surface area (Å²) in [6, 6.07) is 18.7. The van der Waals surface area contributed by atoms with E-state index < -0.39 is 0 Å². The van der Waals surface area contributed by atoms with E-state index in [1.54, 1.807) is 0 Å². The number of hydrogen-bond donors (Lipinski definition) is 1. The maximum Gasteiger partial charge on any atom is 0.209 e. The zero-order valence-corrected chi connectivity index (χ0v) is 13.0. The second-order valence-electron chi connectivity index (χ2n) is 5.91. The highest BCUT2D eigenvalue weighted by Gasteiger charge is 2.25. The molecule has 1 N–H and O–H groups in total. The summed E-state index contributed by atoms with van der Waals surface area (Å²) in [7, 11) is 0. The van der Waals surface area contributed by atoms with Crippen LogP contribution in [-0.4, -0.2) is 39.4 Å². The number of hydrogen-bond acceptors (Lipinski definition) is 4. The molecule has 0 aliphatic carbocycles. The molecule has 1 aromatic heterocycles. The zero-order chi connectivity index (χ0) is 15.6. The van der Waals surface area contributed by atoms with Gasteiger partial charge in [-0.3, -0.25) is 9.47 Å². The van der Waals surface area contributed by atoms with Crippen molar-refractivity contribution >= 4 is 17.0 Å². The third kappa shape index (κ3) is 2.69. The summed E-state index contributed by atoms with van der Waals surface area (Å²) in [4.78, 5) is 9.34. The number of aromatic nitrogens is 2. The van der Waals surface area contributed by atoms with Gasteiger partial charge >= 0.3 is 0 Å². The number of nitrogens with zero attached hydrogens (tertiary/aromatic N) is 4. The summed E-state index contributed by atoms with van der Waals surface area (Å²) < 4.78 is 2.23. The van der Waals surface area contributed by atoms with Crippen molar-refractivity contribution < 1.29 is 5.11 Å². The number of aliphatic hydroxyl groups excluding tert-OH is 1. The quantitative estimate of drug-likeness (QED) is 0.803. The standard InChI is InChI=1S/C18H20N4O/c23-11-10-20-13-21(12-15-6-2-1-3-7-15)18-19-16-8-4-5-9-17(16)22(18)14-20/h1-9,23H,10-14H2. The van der Waals surface area contributed by atoms with Gasteiger partial charge in [0.05, 0.1) is 31.0 Å². The molecule has 0 fully saturated rings. The van der Waals surface area contributed by atoms with Crippen LogP contribution < -0.4 is 4.90 Å². The summed E-state index contributed by atoms with van der Waals surface area (Å²) in [6.45, 7) is 3.19. The highest BCUT2D eigenvalue weighted by Crippen LogP contribution is 2.27. The van der Waals surface area contributed by atoms with Gasteiger partial charge < -0.3 is 10.0 Å². The van der Waals surface area contributed by atoms with Crippen molar-refractivity contribution in [3.63, 3.8) is 0 Å². The first kappa shape index (κ1) is 14.2. The Morgan fingerprint density at radius 3 is 2.57 bits per heavy atom. The van der Waals surface area contributed by atoms with Gasteiger partial charge in [0, 0.05) is 13.1 Å². The van der Waals surface area contributed by atoms with E-state index in [1.807, 2.05) is 18.2 Å². The van der Waals surface area contributed by atoms with Crippen LogP contribution in [-0.2, 0) is 13.2 Å². The number of para-hydroxylation sites is 2. The predicted octanol–water partition coefficient (Wildman–Crippen LogP) is 2.27. The fourth-order valence-electron chi connectivity index (χ4n) is 3.20. The van der Waals surface area contributed by atoms with Crippen LogP contribution in [0.15, 0.2) is 54.6 Å². The van der Waals surface area contributed by atoms with Crippen LogP contribution in [0.2, 0.25) is 0 Å². The average molecular weight is 308 g/mol. The third-order valence-electron chi connectivity index (χ3n) is 4.26. The monoisotopic (exact) mass is 308 g/mol. The number of imidazole rings is 1. The molecule has 3 aromatic rings. The second-order valence-corrected chi connectivity index (χ2v) is 5.91. The Balaban J connectivity index is 1.74. The van der Waals surface area contributed by atoms with Crippen LogP contribution in [0, 0.1) is 0 Å². The van der Waals surface area contributed by atoms with Crippen molar-refractivity contribution in [2.45, 2.75) is 13.2 Å². The van der Waals surface area contributed by atoms with E-state index in [2.05, 4.69) is 50.8 Å². The Hall–Kier alpha value is -2.37. The Bertz CT molecular complexity index is 799. The third-order valence-corrected chi connectivity index (χ3v) is 4.26. The van der Waals surface area contributed by atoms with E-state index in [-0.39, 0.29) is 6.61 Å². The summed E-state index contributed by atoms with van der Waals surface area (Å²) in [5.74, 6) is 1.00. The number of benzene rings is 2. The first-order valence-electron chi connectivity index (χ1n) is 7.92. The van der Waals surface area contributed by atoms with Crippen LogP contribution in [0.25, 0.3) is 11.0 Å². The lowest BCUT2D eigenvalue weighted by atomic mass is 10.2. The lowest BCUT2D eigenvalue weighted by molar-refractivity contribution is 0.152. The van der Waals surface area contributed by atoms with Crippen LogP contribution in [0.4, 0.5) is 5.95 Å². The van der Waals surface area contributed by atoms with Gasteiger partial charge in [-0.25, -0.2) is 4.98 Å². The number of anilines is 1. The molecular weight excluding hydrogens is 288 g/mol. The van der Waals surface area contributed by atoms with Gasteiger partial charge in [-0.05, 0) is 17.7 Å². The lowest BCUT2D eigenvalue weighted by Gasteiger charge is -2.37. The minimum atomic E-state index is 0.168. The molecule has 23 heavy (non-hydrogen) atoms. The Labute approximate surface area is 135 Å². The number of β-amino-alcohol motifs (C(OH)–C–C–N with tert-alkyl or cyclic N) is 1. The fraction of sp³-hybridized carbons (Fsp3) is 0.278. The summed E-state index contributed by atoms with van der Waals surface area (Å²) >= 11 is 0. The summed E-state index contributed by atoms with van der Waals surface area (Å²) in [6.07, 6.45) is 0. The normalized spacial score (nSPS) is 15.1. The molecule has 0 saturated carbocycles. The molecule has 4 rings (SSSR count). The molecule has 0 amide bonds. The number of aliphatic hydroxyl groups is 1. The molecule has 118 valence electrons. The molecule has 5 heteroatoms. The SMILES string of the molecule is OCCN1CN(Cc2ccccc2)c2nc3ccccc3n2C1. The minimum Gasteiger partial charge on any atom is -0.395 e. The van der Waals surface area contributed by atoms with Crippen molar-refractivity contribution in [2.24, 2.45) is 0 Å². The number of fused-ring (bicyclic) bond motifs is 3. The van der Waals surface area contributed by atoms with E-state index in [0.29, 0.717) is 6.54 Å². The predicted molar refractivity (Wildman–Crippen MR) is 91.0 cm³/mol. The van der Waals surface area contributed by atoms with E-state index in [9.17, 15) is 5.11 Å². The topological polar surface area (TPSA) is 44.5 Å². The van der Waals surface area contributed by atoms with Gasteiger partial charge in [-0.15, -0.1) is 0 Å². The van der Waals surface area contributed by atoms with Gasteiger partial charge in [-0.1, -0.05) is 42.5 Å². The van der Waals surface area contributed by atoms with E-state index >= 15 is 0 Å². The molecule has 5 nitrogen and oxygen atoms in total. The van der Waals surface area contributed by atoms with E-state index in [1.165, 1.54) is 5.56 Å². The van der Waals surface area contributed by atoms with Gasteiger partial charge in [0.15, 0.2) is 0 Å². The van der Waals surface area contributed by atoms with Crippen molar-refractivity contribution in [3.8, 4) is 0 Å². The molecule has 0 radical (unpaired) electrons. The second kappa shape index (κ2) is 6.02. The van der Waals surface area contributed by atoms with Crippen LogP contribution in [0.1, 0.15) is 5.56 Å². The minimum absolute atomic E-state index is 0.168. The van der Waals surface area contributed by atoms with Gasteiger partial charge in [0.1, 0.15) is 0 Å². The summed E-state index contributed by atoms with van der Waals surface area (Å²) in [5.41, 5.74) is 3.42. The molecule has 0 unspecified atom stereocenters. The van der Waals surface area contributed by atoms with Gasteiger partial charge in [0.2, 0.25) is 5.95 Å². The highest BCUT2D eigenvalue weighted by atomic mass is 16.3. The molecule has 0 bridgehead atoms. The van der Waals surface area contributed by atoms with Gasteiger partial charge in [0.25, 0.3) is 0 Å². The lowest BCUT2D eigenvalue weighted by Crippen LogP contribution is -2.45. The average Bonchev–Trinajstić information content (AvgIpc) is 2.95. The van der Waals surface area contributed by atoms with Crippen LogP contribution in [0.5, 0.6) is 0 Å². The molecule has 0 saturated heterocycles. The zero-order valence-electron chi connectivity index (χ0n) is 13.0. The largest absolute Gasteiger partial charge is 0.395 e. The molecule has 1 aliphatic rings. The maximum atomic E-state index is 9.32. The van der Waals surface area contributed by atoms with Crippen molar-refractivity contribution in [1.29, 1.82) is 0 Å². The highest BCUT2D eigenvalue weighted by molar-refractivity contribution is 5.79. The Morgan fingerprint density at radius 1 is 0.957 bits per heavy atom. The molecule has 0 atom stereocenters. The Morgan fingerprint density at radius 2 is 1.74 bits per heavy atom. The fourth-order valence-corrected chi connectivity index (χ4v) is 3.20. The van der Waals surface area contributed by atoms with E-state index in [0.717, 1.165) is 36.9 Å². The van der Waals surface area contributed by atoms with Gasteiger partial charge in [-0.2, -0.15) is 0 Å². The van der Waals surface area contributed by atoms with Crippen molar-refractivity contribution in [1.82, 2.24) is 14.5 Å². The van der Waals surface area contributed by atoms with Crippen LogP contribution in [0.3, 0.4) is 0 Å². The van der Waals surface area contributed by atoms with E-state index in [4.69, 9.17) is 4.98 Å². The van der Waals surface area contributed by atoms with Crippen molar-refractivity contribution in [2.75, 3.05) is 24.7 Å².